The first-order valence-corrected chi connectivity index (χ1v) is 4.85. The lowest BCUT2D eigenvalue weighted by molar-refractivity contribution is 1.27. The highest BCUT2D eigenvalue weighted by atomic mass is 32.1. The summed E-state index contributed by atoms with van der Waals surface area (Å²) in [5.41, 5.74) is 4.41. The van der Waals surface area contributed by atoms with E-state index in [1.54, 1.807) is 0 Å². The minimum atomic E-state index is 0.662. The van der Waals surface area contributed by atoms with Crippen molar-refractivity contribution >= 4 is 34.3 Å². The number of rotatable bonds is 0. The number of fused-ring (bicyclic) bond motifs is 3. The second kappa shape index (κ2) is 2.48. The first kappa shape index (κ1) is 7.82. The van der Waals surface area contributed by atoms with E-state index in [1.165, 1.54) is 10.9 Å². The lowest BCUT2D eigenvalue weighted by Crippen LogP contribution is -1.73. The van der Waals surface area contributed by atoms with E-state index in [9.17, 15) is 0 Å². The van der Waals surface area contributed by atoms with Crippen LogP contribution >= 0.6 is 12.2 Å². The van der Waals surface area contributed by atoms with Crippen molar-refractivity contribution in [3.05, 3.63) is 28.5 Å². The van der Waals surface area contributed by atoms with E-state index in [4.69, 9.17) is 12.2 Å². The molecule has 3 rings (SSSR count). The van der Waals surface area contributed by atoms with Crippen LogP contribution in [-0.2, 0) is 0 Å². The van der Waals surface area contributed by atoms with Gasteiger partial charge in [-0.15, -0.1) is 0 Å². The van der Waals surface area contributed by atoms with Crippen molar-refractivity contribution in [3.63, 3.8) is 0 Å². The van der Waals surface area contributed by atoms with E-state index >= 15 is 0 Å². The van der Waals surface area contributed by atoms with Gasteiger partial charge in [0.2, 0.25) is 0 Å². The molecule has 4 heteroatoms. The van der Waals surface area contributed by atoms with E-state index in [2.05, 4.69) is 40.1 Å². The smallest absolute Gasteiger partial charge is 0.176 e. The number of nitrogens with one attached hydrogen (secondary N) is 3. The van der Waals surface area contributed by atoms with Gasteiger partial charge in [-0.05, 0) is 31.3 Å². The van der Waals surface area contributed by atoms with Gasteiger partial charge in [-0.3, -0.25) is 0 Å². The van der Waals surface area contributed by atoms with E-state index in [1.807, 2.05) is 0 Å². The molecule has 1 aromatic carbocycles. The lowest BCUT2D eigenvalue weighted by Gasteiger charge is -1.91. The predicted octanol–water partition coefficient (Wildman–Crippen LogP) is 3.02. The first-order chi connectivity index (χ1) is 6.74. The molecule has 14 heavy (non-hydrogen) atoms. The third-order valence-electron chi connectivity index (χ3n) is 2.43. The number of H-pyrrole nitrogens is 3. The fraction of sp³-hybridized carbons (Fsp3) is 0.100. The van der Waals surface area contributed by atoms with Gasteiger partial charge in [0.1, 0.15) is 5.65 Å². The number of benzene rings is 1. The van der Waals surface area contributed by atoms with Crippen LogP contribution in [0.3, 0.4) is 0 Å². The molecule has 3 aromatic rings. The summed E-state index contributed by atoms with van der Waals surface area (Å²) in [6.07, 6.45) is 0. The molecule has 0 radical (unpaired) electrons. The summed E-state index contributed by atoms with van der Waals surface area (Å²) >= 11 is 5.03. The molecule has 3 N–H and O–H groups in total. The molecular formula is C10H9N3S. The summed E-state index contributed by atoms with van der Waals surface area (Å²) in [7, 11) is 0. The second-order valence-corrected chi connectivity index (χ2v) is 3.91. The summed E-state index contributed by atoms with van der Waals surface area (Å²) in [6.45, 7) is 2.08. The van der Waals surface area contributed by atoms with Crippen molar-refractivity contribution in [3.8, 4) is 0 Å². The SMILES string of the molecule is Cc1ccc2[nH]c3[nH]c(=S)[nH]c3c2c1. The predicted molar refractivity (Wildman–Crippen MR) is 60.1 cm³/mol. The van der Waals surface area contributed by atoms with E-state index in [-0.39, 0.29) is 0 Å². The fourth-order valence-corrected chi connectivity index (χ4v) is 1.99. The summed E-state index contributed by atoms with van der Waals surface area (Å²) in [5, 5.41) is 1.19. The van der Waals surface area contributed by atoms with Gasteiger partial charge in [0, 0.05) is 10.9 Å². The molecule has 2 aromatic heterocycles. The Morgan fingerprint density at radius 1 is 1.14 bits per heavy atom. The first-order valence-electron chi connectivity index (χ1n) is 4.44. The molecule has 0 saturated carbocycles. The maximum absolute atomic E-state index is 5.03. The number of imidazole rings is 1. The Balaban J connectivity index is 2.61. The topological polar surface area (TPSA) is 47.4 Å². The summed E-state index contributed by atoms with van der Waals surface area (Å²) < 4.78 is 0.662. The minimum Gasteiger partial charge on any atom is -0.339 e. The summed E-state index contributed by atoms with van der Waals surface area (Å²) in [5.74, 6) is 0. The average Bonchev–Trinajstić information content (AvgIpc) is 2.62. The molecule has 0 unspecified atom stereocenters. The average molecular weight is 203 g/mol. The standard InChI is InChI=1S/C10H9N3S/c1-5-2-3-7-6(4-5)8-9(11-7)13-10(14)12-8/h2-4,11H,1H3,(H2,12,13,14). The largest absolute Gasteiger partial charge is 0.339 e. The molecule has 0 amide bonds. The van der Waals surface area contributed by atoms with Gasteiger partial charge in [-0.2, -0.15) is 0 Å². The fourth-order valence-electron chi connectivity index (χ4n) is 1.79. The number of hydrogen-bond acceptors (Lipinski definition) is 1. The molecular weight excluding hydrogens is 194 g/mol. The van der Waals surface area contributed by atoms with Gasteiger partial charge in [0.25, 0.3) is 0 Å². The van der Waals surface area contributed by atoms with Crippen molar-refractivity contribution < 1.29 is 0 Å². The summed E-state index contributed by atoms with van der Waals surface area (Å²) in [4.78, 5) is 9.48. The molecule has 0 saturated heterocycles. The third kappa shape index (κ3) is 0.943. The zero-order valence-corrected chi connectivity index (χ0v) is 8.46. The lowest BCUT2D eigenvalue weighted by atomic mass is 10.2. The monoisotopic (exact) mass is 203 g/mol. The molecule has 3 nitrogen and oxygen atoms in total. The molecule has 0 fully saturated rings. The molecule has 0 aliphatic heterocycles. The highest BCUT2D eigenvalue weighted by molar-refractivity contribution is 7.71. The highest BCUT2D eigenvalue weighted by Gasteiger charge is 2.05. The number of hydrogen-bond donors (Lipinski definition) is 3. The van der Waals surface area contributed by atoms with Gasteiger partial charge < -0.3 is 15.0 Å². The molecule has 0 aliphatic rings. The van der Waals surface area contributed by atoms with Crippen molar-refractivity contribution in [2.45, 2.75) is 6.92 Å². The Labute approximate surface area is 85.2 Å². The van der Waals surface area contributed by atoms with Gasteiger partial charge in [-0.25, -0.2) is 0 Å². The van der Waals surface area contributed by atoms with Crippen LogP contribution in [0, 0.1) is 11.7 Å². The number of aryl methyl sites for hydroxylation is 1. The third-order valence-corrected chi connectivity index (χ3v) is 2.64. The molecule has 0 spiro atoms. The maximum atomic E-state index is 5.03. The Hall–Kier alpha value is -1.55. The minimum absolute atomic E-state index is 0.662. The zero-order valence-electron chi connectivity index (χ0n) is 7.64. The zero-order chi connectivity index (χ0) is 9.71. The van der Waals surface area contributed by atoms with E-state index in [0.29, 0.717) is 4.77 Å². The van der Waals surface area contributed by atoms with Crippen molar-refractivity contribution in [2.24, 2.45) is 0 Å². The quantitative estimate of drug-likeness (QED) is 0.483. The van der Waals surface area contributed by atoms with Crippen LogP contribution in [0.15, 0.2) is 18.2 Å². The van der Waals surface area contributed by atoms with Crippen molar-refractivity contribution in [1.29, 1.82) is 0 Å². The van der Waals surface area contributed by atoms with Gasteiger partial charge in [-0.1, -0.05) is 11.6 Å². The normalized spacial score (nSPS) is 11.5. The molecule has 0 bridgehead atoms. The Morgan fingerprint density at radius 3 is 2.86 bits per heavy atom. The van der Waals surface area contributed by atoms with Crippen LogP contribution < -0.4 is 0 Å². The highest BCUT2D eigenvalue weighted by Crippen LogP contribution is 2.23. The second-order valence-electron chi connectivity index (χ2n) is 3.50. The molecule has 70 valence electrons. The van der Waals surface area contributed by atoms with Crippen molar-refractivity contribution in [1.82, 2.24) is 15.0 Å². The Kier molecular flexibility index (Phi) is 1.39. The number of aromatic nitrogens is 3. The van der Waals surface area contributed by atoms with Crippen LogP contribution in [-0.4, -0.2) is 15.0 Å². The van der Waals surface area contributed by atoms with Gasteiger partial charge >= 0.3 is 0 Å². The molecule has 0 aliphatic carbocycles. The maximum Gasteiger partial charge on any atom is 0.176 e. The Morgan fingerprint density at radius 2 is 2.00 bits per heavy atom. The van der Waals surface area contributed by atoms with E-state index < -0.39 is 0 Å². The number of aromatic amines is 3. The van der Waals surface area contributed by atoms with Crippen LogP contribution in [0.5, 0.6) is 0 Å². The van der Waals surface area contributed by atoms with Crippen LogP contribution in [0.25, 0.3) is 22.1 Å². The van der Waals surface area contributed by atoms with E-state index in [0.717, 1.165) is 16.7 Å². The van der Waals surface area contributed by atoms with Gasteiger partial charge in [0.05, 0.1) is 5.52 Å². The Bertz CT molecular complexity index is 671. The van der Waals surface area contributed by atoms with Gasteiger partial charge in [0.15, 0.2) is 4.77 Å². The molecule has 2 heterocycles. The molecule has 0 atom stereocenters. The summed E-state index contributed by atoms with van der Waals surface area (Å²) in [6, 6.07) is 6.31. The van der Waals surface area contributed by atoms with Crippen LogP contribution in [0.4, 0.5) is 0 Å². The van der Waals surface area contributed by atoms with Crippen molar-refractivity contribution in [2.75, 3.05) is 0 Å². The van der Waals surface area contributed by atoms with Crippen LogP contribution in [0.1, 0.15) is 5.56 Å². The van der Waals surface area contributed by atoms with Crippen LogP contribution in [0.2, 0.25) is 0 Å².